The molecule has 1 aromatic heterocycles. The molecule has 0 aliphatic rings. The molecule has 20 heavy (non-hydrogen) atoms. The lowest BCUT2D eigenvalue weighted by molar-refractivity contribution is 0.628. The summed E-state index contributed by atoms with van der Waals surface area (Å²) in [6.07, 6.45) is 0. The number of hydrogen-bond donors (Lipinski definition) is 0. The van der Waals surface area contributed by atoms with Crippen LogP contribution in [0.4, 0.5) is 4.39 Å². The van der Waals surface area contributed by atoms with Crippen LogP contribution in [0.15, 0.2) is 54.6 Å². The Balaban J connectivity index is 1.91. The van der Waals surface area contributed by atoms with Crippen molar-refractivity contribution in [3.8, 4) is 11.3 Å². The van der Waals surface area contributed by atoms with Crippen LogP contribution in [0.5, 0.6) is 0 Å². The molecule has 3 aromatic rings. The number of halogens is 2. The van der Waals surface area contributed by atoms with Gasteiger partial charge in [-0.25, -0.2) is 9.07 Å². The first kappa shape index (κ1) is 13.2. The van der Waals surface area contributed by atoms with Gasteiger partial charge in [0.2, 0.25) is 0 Å². The summed E-state index contributed by atoms with van der Waals surface area (Å²) in [6, 6.07) is 16.4. The zero-order chi connectivity index (χ0) is 13.9. The van der Waals surface area contributed by atoms with E-state index < -0.39 is 0 Å². The lowest BCUT2D eigenvalue weighted by Gasteiger charge is -2.03. The summed E-state index contributed by atoms with van der Waals surface area (Å²) < 4.78 is 15.7. The van der Waals surface area contributed by atoms with Crippen molar-refractivity contribution in [2.24, 2.45) is 0 Å². The second-order valence-corrected chi connectivity index (χ2v) is 5.40. The molecule has 0 aliphatic carbocycles. The van der Waals surface area contributed by atoms with Crippen molar-refractivity contribution in [3.63, 3.8) is 0 Å². The summed E-state index contributed by atoms with van der Waals surface area (Å²) in [6.45, 7) is 0.674. The Morgan fingerprint density at radius 2 is 1.70 bits per heavy atom. The fourth-order valence-electron chi connectivity index (χ4n) is 1.94. The van der Waals surface area contributed by atoms with E-state index in [4.69, 9.17) is 0 Å². The predicted molar refractivity (Wildman–Crippen MR) is 83.7 cm³/mol. The van der Waals surface area contributed by atoms with Crippen LogP contribution in [-0.2, 0) is 6.54 Å². The lowest BCUT2D eigenvalue weighted by Crippen LogP contribution is -2.03. The quantitative estimate of drug-likeness (QED) is 0.650. The van der Waals surface area contributed by atoms with Gasteiger partial charge >= 0.3 is 0 Å². The molecule has 0 atom stereocenters. The fourth-order valence-corrected chi connectivity index (χ4v) is 2.63. The van der Waals surface area contributed by atoms with E-state index >= 15 is 0 Å². The Morgan fingerprint density at radius 1 is 1.00 bits per heavy atom. The summed E-state index contributed by atoms with van der Waals surface area (Å²) in [5, 5.41) is 8.37. The first-order valence-corrected chi connectivity index (χ1v) is 7.21. The van der Waals surface area contributed by atoms with Gasteiger partial charge in [-0.1, -0.05) is 35.5 Å². The Hall–Kier alpha value is -1.76. The van der Waals surface area contributed by atoms with Gasteiger partial charge in [0, 0.05) is 5.56 Å². The third-order valence-electron chi connectivity index (χ3n) is 2.97. The molecule has 5 heteroatoms. The van der Waals surface area contributed by atoms with Crippen LogP contribution >= 0.6 is 22.6 Å². The molecular weight excluding hydrogens is 368 g/mol. The Labute approximate surface area is 129 Å². The van der Waals surface area contributed by atoms with Crippen molar-refractivity contribution >= 4 is 22.6 Å². The molecule has 0 unspecified atom stereocenters. The van der Waals surface area contributed by atoms with Gasteiger partial charge < -0.3 is 0 Å². The maximum atomic E-state index is 13.0. The molecule has 3 rings (SSSR count). The van der Waals surface area contributed by atoms with Crippen molar-refractivity contribution < 1.29 is 4.39 Å². The van der Waals surface area contributed by atoms with Crippen LogP contribution in [0.1, 0.15) is 5.56 Å². The normalized spacial score (nSPS) is 10.7. The van der Waals surface area contributed by atoms with Crippen LogP contribution in [-0.4, -0.2) is 15.0 Å². The van der Waals surface area contributed by atoms with E-state index in [9.17, 15) is 4.39 Å². The number of hydrogen-bond acceptors (Lipinski definition) is 2. The van der Waals surface area contributed by atoms with E-state index in [1.807, 2.05) is 22.9 Å². The molecular formula is C15H11FIN3. The lowest BCUT2D eigenvalue weighted by atomic mass is 10.2. The molecule has 0 saturated carbocycles. The van der Waals surface area contributed by atoms with Crippen LogP contribution in [0.2, 0.25) is 0 Å². The van der Waals surface area contributed by atoms with Gasteiger partial charge in [0.25, 0.3) is 0 Å². The molecule has 0 N–H and O–H groups in total. The largest absolute Gasteiger partial charge is 0.234 e. The first-order valence-electron chi connectivity index (χ1n) is 6.13. The standard InChI is InChI=1S/C15H11FIN3/c16-13-8-6-12(7-9-13)14-15(17)20(19-18-14)10-11-4-2-1-3-5-11/h1-9H,10H2. The summed E-state index contributed by atoms with van der Waals surface area (Å²) >= 11 is 2.22. The summed E-state index contributed by atoms with van der Waals surface area (Å²) in [4.78, 5) is 0. The molecule has 0 saturated heterocycles. The van der Waals surface area contributed by atoms with Crippen molar-refractivity contribution in [1.29, 1.82) is 0 Å². The third-order valence-corrected chi connectivity index (χ3v) is 4.04. The predicted octanol–water partition coefficient (Wildman–Crippen LogP) is 3.74. The van der Waals surface area contributed by atoms with Gasteiger partial charge in [-0.05, 0) is 52.4 Å². The minimum Gasteiger partial charge on any atom is -0.234 e. The first-order chi connectivity index (χ1) is 9.74. The van der Waals surface area contributed by atoms with E-state index in [1.165, 1.54) is 17.7 Å². The molecule has 0 aliphatic heterocycles. The average molecular weight is 379 g/mol. The Kier molecular flexibility index (Phi) is 3.77. The average Bonchev–Trinajstić information content (AvgIpc) is 2.83. The third kappa shape index (κ3) is 2.72. The van der Waals surface area contributed by atoms with E-state index in [0.717, 1.165) is 15.0 Å². The number of aromatic nitrogens is 3. The van der Waals surface area contributed by atoms with Gasteiger partial charge in [-0.3, -0.25) is 0 Å². The second kappa shape index (κ2) is 5.70. The van der Waals surface area contributed by atoms with Crippen molar-refractivity contribution in [2.75, 3.05) is 0 Å². The highest BCUT2D eigenvalue weighted by Gasteiger charge is 2.12. The molecule has 0 fully saturated rings. The topological polar surface area (TPSA) is 30.7 Å². The number of benzene rings is 2. The summed E-state index contributed by atoms with van der Waals surface area (Å²) in [7, 11) is 0. The van der Waals surface area contributed by atoms with Gasteiger partial charge in [-0.2, -0.15) is 0 Å². The zero-order valence-corrected chi connectivity index (χ0v) is 12.7. The maximum Gasteiger partial charge on any atom is 0.127 e. The van der Waals surface area contributed by atoms with Crippen molar-refractivity contribution in [1.82, 2.24) is 15.0 Å². The van der Waals surface area contributed by atoms with E-state index in [0.29, 0.717) is 6.54 Å². The maximum absolute atomic E-state index is 13.0. The minimum absolute atomic E-state index is 0.250. The van der Waals surface area contributed by atoms with Gasteiger partial charge in [0.05, 0.1) is 6.54 Å². The molecule has 3 nitrogen and oxygen atoms in total. The highest BCUT2D eigenvalue weighted by molar-refractivity contribution is 14.1. The highest BCUT2D eigenvalue weighted by Crippen LogP contribution is 2.23. The summed E-state index contributed by atoms with van der Waals surface area (Å²) in [5.74, 6) is -0.250. The molecule has 100 valence electrons. The van der Waals surface area contributed by atoms with Crippen LogP contribution in [0.3, 0.4) is 0 Å². The molecule has 0 radical (unpaired) electrons. The summed E-state index contributed by atoms with van der Waals surface area (Å²) in [5.41, 5.74) is 2.82. The molecule has 0 bridgehead atoms. The second-order valence-electron chi connectivity index (χ2n) is 4.38. The van der Waals surface area contributed by atoms with Gasteiger partial charge in [0.1, 0.15) is 15.2 Å². The number of rotatable bonds is 3. The minimum atomic E-state index is -0.250. The Morgan fingerprint density at radius 3 is 2.40 bits per heavy atom. The monoisotopic (exact) mass is 379 g/mol. The molecule has 0 amide bonds. The van der Waals surface area contributed by atoms with E-state index in [2.05, 4.69) is 45.0 Å². The van der Waals surface area contributed by atoms with Gasteiger partial charge in [-0.15, -0.1) is 5.10 Å². The number of nitrogens with zero attached hydrogens (tertiary/aromatic N) is 3. The van der Waals surface area contributed by atoms with Crippen LogP contribution in [0.25, 0.3) is 11.3 Å². The van der Waals surface area contributed by atoms with E-state index in [-0.39, 0.29) is 5.82 Å². The smallest absolute Gasteiger partial charge is 0.127 e. The fraction of sp³-hybridized carbons (Fsp3) is 0.0667. The molecule has 1 heterocycles. The van der Waals surface area contributed by atoms with Crippen LogP contribution in [0, 0.1) is 9.52 Å². The van der Waals surface area contributed by atoms with Crippen LogP contribution < -0.4 is 0 Å². The van der Waals surface area contributed by atoms with Crippen molar-refractivity contribution in [2.45, 2.75) is 6.54 Å². The molecule has 2 aromatic carbocycles. The zero-order valence-electron chi connectivity index (χ0n) is 10.5. The van der Waals surface area contributed by atoms with Crippen molar-refractivity contribution in [3.05, 3.63) is 69.7 Å². The molecule has 0 spiro atoms. The SMILES string of the molecule is Fc1ccc(-c2nnn(Cc3ccccc3)c2I)cc1. The highest BCUT2D eigenvalue weighted by atomic mass is 127. The van der Waals surface area contributed by atoms with E-state index in [1.54, 1.807) is 12.1 Å². The Bertz CT molecular complexity index is 708. The van der Waals surface area contributed by atoms with Gasteiger partial charge in [0.15, 0.2) is 0 Å².